The Kier molecular flexibility index (Phi) is 4.54. The molecule has 0 radical (unpaired) electrons. The Hall–Kier alpha value is -1.82. The largest absolute Gasteiger partial charge is 0.370 e. The van der Waals surface area contributed by atoms with Crippen LogP contribution in [0.25, 0.3) is 10.9 Å². The van der Waals surface area contributed by atoms with Gasteiger partial charge >= 0.3 is 0 Å². The third kappa shape index (κ3) is 3.45. The van der Waals surface area contributed by atoms with Crippen LogP contribution in [0.5, 0.6) is 0 Å². The molecule has 2 aromatic carbocycles. The first-order chi connectivity index (χ1) is 12.1. The first-order valence-corrected chi connectivity index (χ1v) is 9.22. The number of hydrogen-bond donors (Lipinski definition) is 1. The number of hydrogen-bond acceptors (Lipinski definition) is 2. The number of carbonyl (C=O) groups excluding carboxylic acids is 1. The van der Waals surface area contributed by atoms with Crippen molar-refractivity contribution in [2.75, 3.05) is 19.7 Å². The third-order valence-corrected chi connectivity index (χ3v) is 5.17. The molecule has 1 atom stereocenters. The second-order valence-corrected chi connectivity index (χ2v) is 7.43. The van der Waals surface area contributed by atoms with Crippen LogP contribution < -0.4 is 0 Å². The van der Waals surface area contributed by atoms with E-state index >= 15 is 0 Å². The van der Waals surface area contributed by atoms with Gasteiger partial charge in [0.15, 0.2) is 0 Å². The Morgan fingerprint density at radius 3 is 2.80 bits per heavy atom. The number of nitrogens with one attached hydrogen (secondary N) is 1. The second kappa shape index (κ2) is 6.83. The summed E-state index contributed by atoms with van der Waals surface area (Å²) in [5.74, 6) is -0.0160. The number of aromatic amines is 1. The lowest BCUT2D eigenvalue weighted by molar-refractivity contribution is -0.0229. The van der Waals surface area contributed by atoms with Crippen molar-refractivity contribution >= 4 is 44.3 Å². The SMILES string of the molecule is O=C(c1cc2ccc(Cl)cc2[nH]1)N1CCOC(c2ccc(Br)cc2)C1. The van der Waals surface area contributed by atoms with E-state index in [1.54, 1.807) is 0 Å². The summed E-state index contributed by atoms with van der Waals surface area (Å²) >= 11 is 9.46. The average Bonchev–Trinajstić information content (AvgIpc) is 3.05. The fourth-order valence-electron chi connectivity index (χ4n) is 3.10. The molecule has 4 rings (SSSR count). The number of benzene rings is 2. The van der Waals surface area contributed by atoms with Gasteiger partial charge in [0.1, 0.15) is 11.8 Å². The molecule has 1 aliphatic rings. The number of rotatable bonds is 2. The summed E-state index contributed by atoms with van der Waals surface area (Å²) in [5.41, 5.74) is 2.52. The molecule has 1 aliphatic heterocycles. The molecule has 1 N–H and O–H groups in total. The predicted molar refractivity (Wildman–Crippen MR) is 102 cm³/mol. The number of halogens is 2. The van der Waals surface area contributed by atoms with Crippen molar-refractivity contribution in [2.45, 2.75) is 6.10 Å². The zero-order chi connectivity index (χ0) is 17.4. The Labute approximate surface area is 158 Å². The molecule has 1 amide bonds. The molecule has 0 saturated carbocycles. The maximum atomic E-state index is 12.9. The molecule has 2 heterocycles. The number of carbonyl (C=O) groups is 1. The van der Waals surface area contributed by atoms with Gasteiger partial charge in [-0.3, -0.25) is 4.79 Å². The molecule has 6 heteroatoms. The molecule has 0 bridgehead atoms. The fourth-order valence-corrected chi connectivity index (χ4v) is 3.53. The zero-order valence-electron chi connectivity index (χ0n) is 13.3. The van der Waals surface area contributed by atoms with Gasteiger partial charge in [-0.2, -0.15) is 0 Å². The molecule has 1 fully saturated rings. The minimum Gasteiger partial charge on any atom is -0.370 e. The normalized spacial score (nSPS) is 17.8. The maximum Gasteiger partial charge on any atom is 0.270 e. The standard InChI is InChI=1S/C19H16BrClN2O2/c20-14-4-1-12(2-5-14)18-11-23(7-8-25-18)19(24)17-9-13-3-6-15(21)10-16(13)22-17/h1-6,9-10,18,22H,7-8,11H2. The van der Waals surface area contributed by atoms with Gasteiger partial charge in [-0.25, -0.2) is 0 Å². The van der Waals surface area contributed by atoms with Gasteiger partial charge in [0.25, 0.3) is 5.91 Å². The highest BCUT2D eigenvalue weighted by Crippen LogP contribution is 2.26. The topological polar surface area (TPSA) is 45.3 Å². The maximum absolute atomic E-state index is 12.9. The molecule has 3 aromatic rings. The second-order valence-electron chi connectivity index (χ2n) is 6.08. The lowest BCUT2D eigenvalue weighted by atomic mass is 10.1. The fraction of sp³-hybridized carbons (Fsp3) is 0.211. The highest BCUT2D eigenvalue weighted by atomic mass is 79.9. The molecule has 25 heavy (non-hydrogen) atoms. The van der Waals surface area contributed by atoms with E-state index in [-0.39, 0.29) is 12.0 Å². The molecule has 0 aliphatic carbocycles. The van der Waals surface area contributed by atoms with Gasteiger partial charge in [0.05, 0.1) is 13.2 Å². The first-order valence-electron chi connectivity index (χ1n) is 8.05. The monoisotopic (exact) mass is 418 g/mol. The predicted octanol–water partition coefficient (Wildman–Crippen LogP) is 4.80. The van der Waals surface area contributed by atoms with Gasteiger partial charge in [-0.15, -0.1) is 0 Å². The van der Waals surface area contributed by atoms with Crippen LogP contribution in [-0.4, -0.2) is 35.5 Å². The molecule has 1 saturated heterocycles. The van der Waals surface area contributed by atoms with Crippen molar-refractivity contribution in [3.8, 4) is 0 Å². The number of fused-ring (bicyclic) bond motifs is 1. The van der Waals surface area contributed by atoms with E-state index in [0.29, 0.717) is 30.4 Å². The number of ether oxygens (including phenoxy) is 1. The summed E-state index contributed by atoms with van der Waals surface area (Å²) in [6.07, 6.45) is -0.107. The summed E-state index contributed by atoms with van der Waals surface area (Å²) in [6.45, 7) is 1.65. The molecule has 4 nitrogen and oxygen atoms in total. The van der Waals surface area contributed by atoms with E-state index in [4.69, 9.17) is 16.3 Å². The van der Waals surface area contributed by atoms with Crippen molar-refractivity contribution in [3.63, 3.8) is 0 Å². The van der Waals surface area contributed by atoms with Crippen LogP contribution in [0.1, 0.15) is 22.2 Å². The Morgan fingerprint density at radius 1 is 1.20 bits per heavy atom. The Bertz CT molecular complexity index is 923. The molecule has 128 valence electrons. The Balaban J connectivity index is 1.55. The molecular weight excluding hydrogens is 404 g/mol. The van der Waals surface area contributed by atoms with Crippen molar-refractivity contribution in [2.24, 2.45) is 0 Å². The van der Waals surface area contributed by atoms with Crippen LogP contribution in [0.2, 0.25) is 5.02 Å². The summed E-state index contributed by atoms with van der Waals surface area (Å²) < 4.78 is 6.88. The minimum atomic E-state index is -0.107. The van der Waals surface area contributed by atoms with E-state index < -0.39 is 0 Å². The molecule has 1 aromatic heterocycles. The van der Waals surface area contributed by atoms with Crippen LogP contribution in [0.4, 0.5) is 0 Å². The number of amides is 1. The van der Waals surface area contributed by atoms with Gasteiger partial charge < -0.3 is 14.6 Å². The minimum absolute atomic E-state index is 0.0160. The molecule has 0 spiro atoms. The summed E-state index contributed by atoms with van der Waals surface area (Å²) in [7, 11) is 0. The quantitative estimate of drug-likeness (QED) is 0.648. The van der Waals surface area contributed by atoms with Gasteiger partial charge in [-0.05, 0) is 35.9 Å². The van der Waals surface area contributed by atoms with Crippen molar-refractivity contribution < 1.29 is 9.53 Å². The lowest BCUT2D eigenvalue weighted by Gasteiger charge is -2.33. The van der Waals surface area contributed by atoms with E-state index in [0.717, 1.165) is 20.9 Å². The third-order valence-electron chi connectivity index (χ3n) is 4.41. The molecular formula is C19H16BrClN2O2. The Morgan fingerprint density at radius 2 is 2.00 bits per heavy atom. The van der Waals surface area contributed by atoms with Crippen LogP contribution in [-0.2, 0) is 4.74 Å². The summed E-state index contributed by atoms with van der Waals surface area (Å²) in [5, 5.41) is 1.63. The van der Waals surface area contributed by atoms with Crippen molar-refractivity contribution in [1.29, 1.82) is 0 Å². The van der Waals surface area contributed by atoms with Gasteiger partial charge in [0, 0.05) is 26.9 Å². The number of H-pyrrole nitrogens is 1. The van der Waals surface area contributed by atoms with Crippen LogP contribution in [0.15, 0.2) is 53.0 Å². The van der Waals surface area contributed by atoms with Crippen LogP contribution in [0.3, 0.4) is 0 Å². The zero-order valence-corrected chi connectivity index (χ0v) is 15.7. The lowest BCUT2D eigenvalue weighted by Crippen LogP contribution is -2.42. The highest BCUT2D eigenvalue weighted by molar-refractivity contribution is 9.10. The smallest absolute Gasteiger partial charge is 0.270 e. The van der Waals surface area contributed by atoms with Crippen LogP contribution >= 0.6 is 27.5 Å². The number of nitrogens with zero attached hydrogens (tertiary/aromatic N) is 1. The van der Waals surface area contributed by atoms with Gasteiger partial charge in [0.2, 0.25) is 0 Å². The number of aromatic nitrogens is 1. The van der Waals surface area contributed by atoms with Crippen molar-refractivity contribution in [1.82, 2.24) is 9.88 Å². The van der Waals surface area contributed by atoms with Crippen molar-refractivity contribution in [3.05, 3.63) is 69.3 Å². The molecule has 1 unspecified atom stereocenters. The van der Waals surface area contributed by atoms with E-state index in [1.165, 1.54) is 0 Å². The summed E-state index contributed by atoms with van der Waals surface area (Å²) in [6, 6.07) is 15.5. The van der Waals surface area contributed by atoms with E-state index in [9.17, 15) is 4.79 Å². The summed E-state index contributed by atoms with van der Waals surface area (Å²) in [4.78, 5) is 17.9. The first kappa shape index (κ1) is 16.6. The van der Waals surface area contributed by atoms with E-state index in [2.05, 4.69) is 20.9 Å². The van der Waals surface area contributed by atoms with Gasteiger partial charge in [-0.1, -0.05) is 45.7 Å². The van der Waals surface area contributed by atoms with E-state index in [1.807, 2.05) is 53.4 Å². The highest BCUT2D eigenvalue weighted by Gasteiger charge is 2.27. The number of morpholine rings is 1. The van der Waals surface area contributed by atoms with Crippen LogP contribution in [0, 0.1) is 0 Å². The average molecular weight is 420 g/mol.